The van der Waals surface area contributed by atoms with Gasteiger partial charge in [0.1, 0.15) is 0 Å². The van der Waals surface area contributed by atoms with Crippen LogP contribution in [0.4, 0.5) is 22.0 Å². The van der Waals surface area contributed by atoms with Gasteiger partial charge in [-0.15, -0.1) is 0 Å². The Hall–Kier alpha value is -2.49. The van der Waals surface area contributed by atoms with Crippen LogP contribution in [0, 0.1) is 29.1 Å². The minimum Gasteiger partial charge on any atom is -0.349 e. The van der Waals surface area contributed by atoms with Crippen molar-refractivity contribution in [2.45, 2.75) is 24.3 Å². The molecule has 0 saturated carbocycles. The number of halogens is 5. The van der Waals surface area contributed by atoms with E-state index in [1.807, 2.05) is 0 Å². The SMILES string of the molecule is C[C@@H](NC(=O)Cc1c(F)c(F)c(F)c(F)c1F)c1ccc(S(C)(=O)=O)cc1. The number of amides is 1. The molecule has 0 bridgehead atoms. The number of nitrogens with one attached hydrogen (secondary N) is 1. The molecule has 0 spiro atoms. The maximum Gasteiger partial charge on any atom is 0.225 e. The summed E-state index contributed by atoms with van der Waals surface area (Å²) in [5.74, 6) is -11.6. The van der Waals surface area contributed by atoms with Gasteiger partial charge in [0.25, 0.3) is 0 Å². The van der Waals surface area contributed by atoms with Crippen LogP contribution in [0.1, 0.15) is 24.1 Å². The Balaban J connectivity index is 2.17. The molecule has 0 unspecified atom stereocenters. The summed E-state index contributed by atoms with van der Waals surface area (Å²) in [5, 5.41) is 2.35. The number of hydrogen-bond donors (Lipinski definition) is 1. The van der Waals surface area contributed by atoms with E-state index in [-0.39, 0.29) is 4.90 Å². The van der Waals surface area contributed by atoms with Crippen LogP contribution >= 0.6 is 0 Å². The minimum atomic E-state index is -3.40. The minimum absolute atomic E-state index is 0.0613. The molecule has 27 heavy (non-hydrogen) atoms. The zero-order chi connectivity index (χ0) is 20.5. The summed E-state index contributed by atoms with van der Waals surface area (Å²) in [6.45, 7) is 1.51. The fourth-order valence-corrected chi connectivity index (χ4v) is 2.98. The van der Waals surface area contributed by atoms with E-state index in [1.54, 1.807) is 0 Å². The lowest BCUT2D eigenvalue weighted by Crippen LogP contribution is -2.29. The number of sulfone groups is 1. The van der Waals surface area contributed by atoms with Crippen LogP contribution in [-0.2, 0) is 21.1 Å². The highest BCUT2D eigenvalue weighted by Crippen LogP contribution is 2.24. The smallest absolute Gasteiger partial charge is 0.225 e. The summed E-state index contributed by atoms with van der Waals surface area (Å²) in [6.07, 6.45) is -0.0329. The Bertz CT molecular complexity index is 962. The summed E-state index contributed by atoms with van der Waals surface area (Å²) >= 11 is 0. The van der Waals surface area contributed by atoms with E-state index in [9.17, 15) is 35.2 Å². The fourth-order valence-electron chi connectivity index (χ4n) is 2.35. The molecule has 0 aliphatic rings. The van der Waals surface area contributed by atoms with E-state index in [0.717, 1.165) is 6.26 Å². The van der Waals surface area contributed by atoms with Gasteiger partial charge < -0.3 is 5.32 Å². The maximum absolute atomic E-state index is 13.6. The van der Waals surface area contributed by atoms with Gasteiger partial charge in [-0.05, 0) is 24.6 Å². The lowest BCUT2D eigenvalue weighted by Gasteiger charge is -2.15. The number of carbonyl (C=O) groups excluding carboxylic acids is 1. The van der Waals surface area contributed by atoms with Crippen LogP contribution in [0.25, 0.3) is 0 Å². The van der Waals surface area contributed by atoms with Crippen molar-refractivity contribution in [3.8, 4) is 0 Å². The first-order valence-electron chi connectivity index (χ1n) is 7.53. The Kier molecular flexibility index (Phi) is 5.88. The van der Waals surface area contributed by atoms with Crippen molar-refractivity contribution in [2.24, 2.45) is 0 Å². The molecule has 1 N–H and O–H groups in total. The van der Waals surface area contributed by atoms with Gasteiger partial charge >= 0.3 is 0 Å². The number of rotatable bonds is 5. The molecule has 0 fully saturated rings. The van der Waals surface area contributed by atoms with Crippen molar-refractivity contribution in [3.63, 3.8) is 0 Å². The quantitative estimate of drug-likeness (QED) is 0.470. The normalized spacial score (nSPS) is 12.7. The maximum atomic E-state index is 13.6. The van der Waals surface area contributed by atoms with Crippen LogP contribution in [0.3, 0.4) is 0 Å². The van der Waals surface area contributed by atoms with Crippen molar-refractivity contribution in [3.05, 3.63) is 64.5 Å². The van der Waals surface area contributed by atoms with Gasteiger partial charge in [-0.3, -0.25) is 4.79 Å². The summed E-state index contributed by atoms with van der Waals surface area (Å²) in [6, 6.07) is 4.79. The third-order valence-electron chi connectivity index (χ3n) is 3.82. The highest BCUT2D eigenvalue weighted by atomic mass is 32.2. The second kappa shape index (κ2) is 7.63. The van der Waals surface area contributed by atoms with Crippen LogP contribution < -0.4 is 5.32 Å². The topological polar surface area (TPSA) is 63.2 Å². The number of benzene rings is 2. The molecule has 2 rings (SSSR count). The first-order chi connectivity index (χ1) is 12.4. The van der Waals surface area contributed by atoms with E-state index in [1.165, 1.54) is 31.2 Å². The average Bonchev–Trinajstić information content (AvgIpc) is 2.61. The van der Waals surface area contributed by atoms with Gasteiger partial charge in [-0.2, -0.15) is 0 Å². The number of hydrogen-bond acceptors (Lipinski definition) is 3. The van der Waals surface area contributed by atoms with Gasteiger partial charge in [0, 0.05) is 11.8 Å². The van der Waals surface area contributed by atoms with E-state index < -0.39 is 62.9 Å². The summed E-state index contributed by atoms with van der Waals surface area (Å²) < 4.78 is 89.4. The standard InChI is InChI=1S/C17H14F5NO3S/c1-8(9-3-5-10(6-4-9)27(2,25)26)23-12(24)7-11-13(18)15(20)17(22)16(21)14(11)19/h3-6,8H,7H2,1-2H3,(H,23,24)/t8-/m1/s1. The molecule has 0 saturated heterocycles. The molecule has 0 heterocycles. The molecule has 1 atom stereocenters. The van der Waals surface area contributed by atoms with Crippen molar-refractivity contribution in [2.75, 3.05) is 6.26 Å². The molecule has 0 aliphatic carbocycles. The predicted molar refractivity (Wildman–Crippen MR) is 86.0 cm³/mol. The summed E-state index contributed by atoms with van der Waals surface area (Å²) in [7, 11) is -3.40. The summed E-state index contributed by atoms with van der Waals surface area (Å²) in [4.78, 5) is 12.0. The lowest BCUT2D eigenvalue weighted by molar-refractivity contribution is -0.121. The Labute approximate surface area is 151 Å². The third kappa shape index (κ3) is 4.44. The monoisotopic (exact) mass is 407 g/mol. The van der Waals surface area contributed by atoms with Gasteiger partial charge in [0.2, 0.25) is 11.7 Å². The molecule has 0 aromatic heterocycles. The lowest BCUT2D eigenvalue weighted by atomic mass is 10.1. The van der Waals surface area contributed by atoms with Crippen LogP contribution in [0.2, 0.25) is 0 Å². The molecule has 0 aliphatic heterocycles. The molecule has 146 valence electrons. The molecule has 4 nitrogen and oxygen atoms in total. The second-order valence-corrected chi connectivity index (χ2v) is 7.87. The zero-order valence-corrected chi connectivity index (χ0v) is 14.9. The molecule has 2 aromatic rings. The van der Waals surface area contributed by atoms with Gasteiger partial charge in [-0.25, -0.2) is 30.4 Å². The van der Waals surface area contributed by atoms with Crippen molar-refractivity contribution in [1.29, 1.82) is 0 Å². The first kappa shape index (κ1) is 20.8. The van der Waals surface area contributed by atoms with Gasteiger partial charge in [0.05, 0.1) is 17.4 Å². The first-order valence-corrected chi connectivity index (χ1v) is 9.42. The van der Waals surface area contributed by atoms with Gasteiger partial charge in [0.15, 0.2) is 33.1 Å². The van der Waals surface area contributed by atoms with Crippen LogP contribution in [0.5, 0.6) is 0 Å². The van der Waals surface area contributed by atoms with E-state index >= 15 is 0 Å². The van der Waals surface area contributed by atoms with E-state index in [0.29, 0.717) is 5.56 Å². The summed E-state index contributed by atoms with van der Waals surface area (Å²) in [5.41, 5.74) is -0.753. The Morgan fingerprint density at radius 1 is 0.926 bits per heavy atom. The number of carbonyl (C=O) groups is 1. The van der Waals surface area contributed by atoms with Crippen molar-refractivity contribution in [1.82, 2.24) is 5.32 Å². The van der Waals surface area contributed by atoms with Crippen LogP contribution in [-0.4, -0.2) is 20.6 Å². The second-order valence-electron chi connectivity index (χ2n) is 5.86. The molecule has 1 amide bonds. The molecular weight excluding hydrogens is 393 g/mol. The van der Waals surface area contributed by atoms with E-state index in [2.05, 4.69) is 5.32 Å². The average molecular weight is 407 g/mol. The van der Waals surface area contributed by atoms with Gasteiger partial charge in [-0.1, -0.05) is 12.1 Å². The molecular formula is C17H14F5NO3S. The Morgan fingerprint density at radius 3 is 1.81 bits per heavy atom. The fraction of sp³-hybridized carbons (Fsp3) is 0.235. The van der Waals surface area contributed by atoms with Crippen molar-refractivity contribution >= 4 is 15.7 Å². The largest absolute Gasteiger partial charge is 0.349 e. The molecule has 0 radical (unpaired) electrons. The van der Waals surface area contributed by atoms with Crippen LogP contribution in [0.15, 0.2) is 29.2 Å². The highest BCUT2D eigenvalue weighted by molar-refractivity contribution is 7.90. The highest BCUT2D eigenvalue weighted by Gasteiger charge is 2.27. The molecule has 2 aromatic carbocycles. The zero-order valence-electron chi connectivity index (χ0n) is 14.1. The third-order valence-corrected chi connectivity index (χ3v) is 4.95. The Morgan fingerprint density at radius 2 is 1.37 bits per heavy atom. The predicted octanol–water partition coefficient (Wildman–Crippen LogP) is 3.21. The van der Waals surface area contributed by atoms with E-state index in [4.69, 9.17) is 0 Å². The van der Waals surface area contributed by atoms with Crippen molar-refractivity contribution < 1.29 is 35.2 Å². The molecule has 10 heteroatoms.